The molecule has 0 atom stereocenters. The fourth-order valence-electron chi connectivity index (χ4n) is 1.54. The summed E-state index contributed by atoms with van der Waals surface area (Å²) >= 11 is 3.45. The Labute approximate surface area is 122 Å². The minimum absolute atomic E-state index is 0.503. The third-order valence-corrected chi connectivity index (χ3v) is 2.89. The average Bonchev–Trinajstić information content (AvgIpc) is 2.37. The summed E-state index contributed by atoms with van der Waals surface area (Å²) in [6.45, 7) is 4.63. The minimum atomic E-state index is -0.503. The molecule has 0 unspecified atom stereocenters. The molecule has 5 nitrogen and oxygen atoms in total. The summed E-state index contributed by atoms with van der Waals surface area (Å²) in [7, 11) is 0. The third-order valence-electron chi connectivity index (χ3n) is 2.40. The van der Waals surface area contributed by atoms with E-state index in [1.165, 1.54) is 0 Å². The normalized spacial score (nSPS) is 10.2. The smallest absolute Gasteiger partial charge is 0.312 e. The molecule has 19 heavy (non-hydrogen) atoms. The third kappa shape index (κ3) is 6.45. The van der Waals surface area contributed by atoms with E-state index in [2.05, 4.69) is 33.5 Å². The van der Waals surface area contributed by atoms with Gasteiger partial charge in [0.2, 0.25) is 0 Å². The molecule has 6 heteroatoms. The first kappa shape index (κ1) is 15.8. The van der Waals surface area contributed by atoms with Crippen LogP contribution in [-0.2, 0) is 6.54 Å². The molecule has 0 saturated heterocycles. The molecular formula is C13H20BrN3O2. The molecule has 1 aromatic rings. The highest BCUT2D eigenvalue weighted by Gasteiger charge is 2.04. The number of hydrogen-bond donors (Lipinski definition) is 3. The van der Waals surface area contributed by atoms with E-state index >= 15 is 0 Å². The molecule has 0 aliphatic heterocycles. The molecule has 1 rings (SSSR count). The first-order valence-corrected chi connectivity index (χ1v) is 7.08. The summed E-state index contributed by atoms with van der Waals surface area (Å²) in [4.78, 5) is 10.5. The first-order chi connectivity index (χ1) is 9.13. The predicted octanol–water partition coefficient (Wildman–Crippen LogP) is 2.00. The van der Waals surface area contributed by atoms with Gasteiger partial charge in [-0.15, -0.1) is 0 Å². The number of ether oxygens (including phenoxy) is 1. The maximum atomic E-state index is 10.5. The summed E-state index contributed by atoms with van der Waals surface area (Å²) in [5.41, 5.74) is 6.07. The van der Waals surface area contributed by atoms with E-state index < -0.39 is 6.03 Å². The minimum Gasteiger partial charge on any atom is -0.493 e. The van der Waals surface area contributed by atoms with Gasteiger partial charge in [0.15, 0.2) is 0 Å². The lowest BCUT2D eigenvalue weighted by Gasteiger charge is -2.12. The molecule has 0 fully saturated rings. The van der Waals surface area contributed by atoms with Gasteiger partial charge in [-0.3, -0.25) is 0 Å². The Kier molecular flexibility index (Phi) is 7.28. The number of amides is 2. The second-order valence-electron chi connectivity index (χ2n) is 4.07. The van der Waals surface area contributed by atoms with Crippen molar-refractivity contribution in [1.29, 1.82) is 0 Å². The van der Waals surface area contributed by atoms with Gasteiger partial charge in [0.05, 0.1) is 6.61 Å². The molecule has 4 N–H and O–H groups in total. The van der Waals surface area contributed by atoms with Crippen LogP contribution in [0.3, 0.4) is 0 Å². The Balaban J connectivity index is 2.46. The van der Waals surface area contributed by atoms with Gasteiger partial charge in [-0.05, 0) is 24.6 Å². The highest BCUT2D eigenvalue weighted by Crippen LogP contribution is 2.23. The maximum Gasteiger partial charge on any atom is 0.312 e. The first-order valence-electron chi connectivity index (χ1n) is 6.28. The topological polar surface area (TPSA) is 76.4 Å². The Bertz CT molecular complexity index is 413. The van der Waals surface area contributed by atoms with Gasteiger partial charge in [-0.2, -0.15) is 0 Å². The quantitative estimate of drug-likeness (QED) is 0.638. The standard InChI is InChI=1S/C13H20BrN3O2/c1-2-7-19-12-4-3-11(14)8-10(12)9-16-5-6-17-13(15)18/h3-4,8,16H,2,5-7,9H2,1H3,(H3,15,17,18). The fourth-order valence-corrected chi connectivity index (χ4v) is 1.94. The maximum absolute atomic E-state index is 10.5. The van der Waals surface area contributed by atoms with Gasteiger partial charge in [-0.1, -0.05) is 22.9 Å². The summed E-state index contributed by atoms with van der Waals surface area (Å²) in [5, 5.41) is 5.76. The van der Waals surface area contributed by atoms with Gasteiger partial charge >= 0.3 is 6.03 Å². The SMILES string of the molecule is CCCOc1ccc(Br)cc1CNCCNC(N)=O. The van der Waals surface area contributed by atoms with Crippen molar-refractivity contribution in [3.05, 3.63) is 28.2 Å². The summed E-state index contributed by atoms with van der Waals surface area (Å²) in [5.74, 6) is 0.889. The van der Waals surface area contributed by atoms with E-state index in [4.69, 9.17) is 10.5 Å². The van der Waals surface area contributed by atoms with Crippen LogP contribution in [0, 0.1) is 0 Å². The molecule has 106 valence electrons. The molecular weight excluding hydrogens is 310 g/mol. The molecule has 0 aromatic heterocycles. The van der Waals surface area contributed by atoms with Gasteiger partial charge in [0.1, 0.15) is 5.75 Å². The van der Waals surface area contributed by atoms with Crippen LogP contribution in [0.15, 0.2) is 22.7 Å². The molecule has 0 aliphatic carbocycles. The highest BCUT2D eigenvalue weighted by molar-refractivity contribution is 9.10. The van der Waals surface area contributed by atoms with E-state index in [1.807, 2.05) is 18.2 Å². The molecule has 0 radical (unpaired) electrons. The van der Waals surface area contributed by atoms with Gasteiger partial charge in [-0.25, -0.2) is 4.79 Å². The lowest BCUT2D eigenvalue weighted by molar-refractivity contribution is 0.249. The number of nitrogens with one attached hydrogen (secondary N) is 2. The molecule has 0 bridgehead atoms. The van der Waals surface area contributed by atoms with Gasteiger partial charge < -0.3 is 21.1 Å². The van der Waals surface area contributed by atoms with Crippen molar-refractivity contribution < 1.29 is 9.53 Å². The number of hydrogen-bond acceptors (Lipinski definition) is 3. The Morgan fingerprint density at radius 1 is 1.42 bits per heavy atom. The van der Waals surface area contributed by atoms with E-state index in [9.17, 15) is 4.79 Å². The Hall–Kier alpha value is -1.27. The average molecular weight is 330 g/mol. The summed E-state index contributed by atoms with van der Waals surface area (Å²) in [6.07, 6.45) is 0.978. The van der Waals surface area contributed by atoms with E-state index in [1.54, 1.807) is 0 Å². The van der Waals surface area contributed by atoms with Crippen molar-refractivity contribution in [3.8, 4) is 5.75 Å². The van der Waals surface area contributed by atoms with Crippen LogP contribution in [0.4, 0.5) is 4.79 Å². The van der Waals surface area contributed by atoms with Crippen molar-refractivity contribution in [1.82, 2.24) is 10.6 Å². The largest absolute Gasteiger partial charge is 0.493 e. The number of halogens is 1. The number of primary amides is 1. The van der Waals surface area contributed by atoms with Crippen molar-refractivity contribution >= 4 is 22.0 Å². The summed E-state index contributed by atoms with van der Waals surface area (Å²) in [6, 6.07) is 5.44. The van der Waals surface area contributed by atoms with Crippen molar-refractivity contribution in [2.75, 3.05) is 19.7 Å². The second kappa shape index (κ2) is 8.77. The Morgan fingerprint density at radius 2 is 2.21 bits per heavy atom. The zero-order valence-electron chi connectivity index (χ0n) is 11.0. The van der Waals surface area contributed by atoms with E-state index in [0.29, 0.717) is 26.2 Å². The molecule has 0 saturated carbocycles. The number of rotatable bonds is 8. The monoisotopic (exact) mass is 329 g/mol. The molecule has 0 heterocycles. The number of carbonyl (C=O) groups excluding carboxylic acids is 1. The van der Waals surface area contributed by atoms with Crippen LogP contribution in [0.5, 0.6) is 5.75 Å². The molecule has 1 aromatic carbocycles. The second-order valence-corrected chi connectivity index (χ2v) is 4.98. The van der Waals surface area contributed by atoms with E-state index in [0.717, 1.165) is 22.2 Å². The fraction of sp³-hybridized carbons (Fsp3) is 0.462. The van der Waals surface area contributed by atoms with E-state index in [-0.39, 0.29) is 0 Å². The van der Waals surface area contributed by atoms with Crippen LogP contribution in [0.2, 0.25) is 0 Å². The van der Waals surface area contributed by atoms with Crippen LogP contribution >= 0.6 is 15.9 Å². The predicted molar refractivity (Wildman–Crippen MR) is 79.2 cm³/mol. The van der Waals surface area contributed by atoms with Crippen molar-refractivity contribution in [2.24, 2.45) is 5.73 Å². The van der Waals surface area contributed by atoms with Gasteiger partial charge in [0, 0.05) is 29.7 Å². The lowest BCUT2D eigenvalue weighted by atomic mass is 10.2. The Morgan fingerprint density at radius 3 is 2.89 bits per heavy atom. The van der Waals surface area contributed by atoms with Crippen LogP contribution in [-0.4, -0.2) is 25.7 Å². The number of nitrogens with two attached hydrogens (primary N) is 1. The number of urea groups is 1. The van der Waals surface area contributed by atoms with Gasteiger partial charge in [0.25, 0.3) is 0 Å². The number of carbonyl (C=O) groups is 1. The van der Waals surface area contributed by atoms with Crippen LogP contribution < -0.4 is 21.1 Å². The zero-order valence-corrected chi connectivity index (χ0v) is 12.6. The zero-order chi connectivity index (χ0) is 14.1. The highest BCUT2D eigenvalue weighted by atomic mass is 79.9. The molecule has 2 amide bonds. The summed E-state index contributed by atoms with van der Waals surface area (Å²) < 4.78 is 6.70. The lowest BCUT2D eigenvalue weighted by Crippen LogP contribution is -2.35. The van der Waals surface area contributed by atoms with Crippen LogP contribution in [0.1, 0.15) is 18.9 Å². The number of benzene rings is 1. The molecule has 0 aliphatic rings. The van der Waals surface area contributed by atoms with Crippen molar-refractivity contribution in [2.45, 2.75) is 19.9 Å². The van der Waals surface area contributed by atoms with Crippen molar-refractivity contribution in [3.63, 3.8) is 0 Å². The molecule has 0 spiro atoms. The van der Waals surface area contributed by atoms with Crippen LogP contribution in [0.25, 0.3) is 0 Å².